The molecule has 3 heteroatoms. The first-order chi connectivity index (χ1) is 10.3. The van der Waals surface area contributed by atoms with Crippen molar-refractivity contribution in [3.63, 3.8) is 0 Å². The second-order valence-corrected chi connectivity index (χ2v) is 4.97. The lowest BCUT2D eigenvalue weighted by Gasteiger charge is -2.05. The van der Waals surface area contributed by atoms with Crippen LogP contribution in [0.5, 0.6) is 5.75 Å². The molecule has 3 aromatic rings. The molecule has 1 aromatic heterocycles. The summed E-state index contributed by atoms with van der Waals surface area (Å²) >= 11 is 0. The van der Waals surface area contributed by atoms with E-state index in [2.05, 4.69) is 30.4 Å². The highest BCUT2D eigenvalue weighted by Crippen LogP contribution is 2.24. The van der Waals surface area contributed by atoms with Gasteiger partial charge in [0.15, 0.2) is 0 Å². The molecule has 0 spiro atoms. The Kier molecular flexibility index (Phi) is 4.22. The van der Waals surface area contributed by atoms with Gasteiger partial charge in [-0.2, -0.15) is 0 Å². The van der Waals surface area contributed by atoms with Crippen LogP contribution in [-0.4, -0.2) is 6.54 Å². The summed E-state index contributed by atoms with van der Waals surface area (Å²) in [4.78, 5) is 0. The zero-order chi connectivity index (χ0) is 14.5. The first-order valence-corrected chi connectivity index (χ1v) is 7.25. The molecular weight excluding hydrogens is 262 g/mol. The predicted octanol–water partition coefficient (Wildman–Crippen LogP) is 4.12. The molecule has 0 unspecified atom stereocenters. The molecule has 0 amide bonds. The Hall–Kier alpha value is -2.26. The van der Waals surface area contributed by atoms with Gasteiger partial charge in [-0.25, -0.2) is 0 Å². The summed E-state index contributed by atoms with van der Waals surface area (Å²) in [5, 5.41) is 4.34. The molecule has 0 atom stereocenters. The Morgan fingerprint density at radius 1 is 1.05 bits per heavy atom. The molecule has 0 aliphatic rings. The van der Waals surface area contributed by atoms with E-state index in [0.717, 1.165) is 41.1 Å². The van der Waals surface area contributed by atoms with Gasteiger partial charge in [0.1, 0.15) is 23.7 Å². The smallest absolute Gasteiger partial charge is 0.134 e. The predicted molar refractivity (Wildman–Crippen MR) is 84.4 cm³/mol. The summed E-state index contributed by atoms with van der Waals surface area (Å²) in [5.74, 6) is 1.81. The molecule has 0 saturated carbocycles. The highest BCUT2D eigenvalue weighted by Gasteiger charge is 2.05. The zero-order valence-electron chi connectivity index (χ0n) is 12.1. The third-order valence-electron chi connectivity index (χ3n) is 3.34. The zero-order valence-corrected chi connectivity index (χ0v) is 12.1. The van der Waals surface area contributed by atoms with Gasteiger partial charge in [0.05, 0.1) is 6.54 Å². The van der Waals surface area contributed by atoms with Crippen molar-refractivity contribution in [2.24, 2.45) is 0 Å². The Morgan fingerprint density at radius 3 is 2.71 bits per heavy atom. The van der Waals surface area contributed by atoms with Crippen molar-refractivity contribution in [3.05, 3.63) is 65.9 Å². The van der Waals surface area contributed by atoms with Gasteiger partial charge in [-0.3, -0.25) is 0 Å². The van der Waals surface area contributed by atoms with Gasteiger partial charge in [0.2, 0.25) is 0 Å². The molecule has 21 heavy (non-hydrogen) atoms. The Balaban J connectivity index is 1.71. The van der Waals surface area contributed by atoms with E-state index in [9.17, 15) is 0 Å². The van der Waals surface area contributed by atoms with Gasteiger partial charge >= 0.3 is 0 Å². The molecule has 1 heterocycles. The number of hydrogen-bond acceptors (Lipinski definition) is 3. The Morgan fingerprint density at radius 2 is 1.90 bits per heavy atom. The van der Waals surface area contributed by atoms with Crippen LogP contribution in [0.2, 0.25) is 0 Å². The number of ether oxygens (including phenoxy) is 1. The maximum Gasteiger partial charge on any atom is 0.134 e. The van der Waals surface area contributed by atoms with Crippen LogP contribution in [0.25, 0.3) is 11.0 Å². The van der Waals surface area contributed by atoms with Gasteiger partial charge in [0.25, 0.3) is 0 Å². The van der Waals surface area contributed by atoms with Gasteiger partial charge in [-0.1, -0.05) is 37.3 Å². The van der Waals surface area contributed by atoms with Crippen LogP contribution < -0.4 is 10.1 Å². The number of rotatable bonds is 6. The van der Waals surface area contributed by atoms with E-state index in [1.54, 1.807) is 0 Å². The Labute approximate surface area is 124 Å². The van der Waals surface area contributed by atoms with E-state index in [1.807, 2.05) is 36.4 Å². The monoisotopic (exact) mass is 281 g/mol. The van der Waals surface area contributed by atoms with Crippen LogP contribution in [0.1, 0.15) is 18.2 Å². The maximum atomic E-state index is 5.83. The third kappa shape index (κ3) is 3.44. The quantitative estimate of drug-likeness (QED) is 0.738. The molecule has 0 saturated heterocycles. The van der Waals surface area contributed by atoms with E-state index in [-0.39, 0.29) is 0 Å². The molecule has 0 bridgehead atoms. The molecule has 2 aromatic carbocycles. The molecule has 3 rings (SSSR count). The van der Waals surface area contributed by atoms with Gasteiger partial charge in [-0.15, -0.1) is 0 Å². The summed E-state index contributed by atoms with van der Waals surface area (Å²) in [6.45, 7) is 4.35. The summed E-state index contributed by atoms with van der Waals surface area (Å²) in [7, 11) is 0. The highest BCUT2D eigenvalue weighted by atomic mass is 16.5. The fourth-order valence-electron chi connectivity index (χ4n) is 2.24. The van der Waals surface area contributed by atoms with Gasteiger partial charge < -0.3 is 14.5 Å². The van der Waals surface area contributed by atoms with Gasteiger partial charge in [-0.05, 0) is 36.4 Å². The topological polar surface area (TPSA) is 34.4 Å². The minimum Gasteiger partial charge on any atom is -0.489 e. The molecular formula is C18H19NO2. The molecule has 0 aliphatic carbocycles. The summed E-state index contributed by atoms with van der Waals surface area (Å²) in [6.07, 6.45) is 0. The van der Waals surface area contributed by atoms with Gasteiger partial charge in [0, 0.05) is 5.39 Å². The Bertz CT molecular complexity index is 704. The minimum atomic E-state index is 0.578. The van der Waals surface area contributed by atoms with E-state index < -0.39 is 0 Å². The average Bonchev–Trinajstić information content (AvgIpc) is 2.94. The van der Waals surface area contributed by atoms with E-state index in [4.69, 9.17) is 9.15 Å². The van der Waals surface area contributed by atoms with Crippen molar-refractivity contribution in [2.75, 3.05) is 6.54 Å². The molecule has 0 radical (unpaired) electrons. The normalized spacial score (nSPS) is 10.9. The van der Waals surface area contributed by atoms with Crippen molar-refractivity contribution in [1.82, 2.24) is 5.32 Å². The fourth-order valence-corrected chi connectivity index (χ4v) is 2.24. The van der Waals surface area contributed by atoms with Crippen LogP contribution in [0.4, 0.5) is 0 Å². The largest absolute Gasteiger partial charge is 0.489 e. The fraction of sp³-hybridized carbons (Fsp3) is 0.222. The third-order valence-corrected chi connectivity index (χ3v) is 3.34. The average molecular weight is 281 g/mol. The number of fused-ring (bicyclic) bond motifs is 1. The standard InChI is InChI=1S/C18H19NO2/c1-2-19-12-17-11-15-10-16(8-9-18(15)21-17)20-13-14-6-4-3-5-7-14/h3-11,19H,2,12-13H2,1H3. The maximum absolute atomic E-state index is 5.83. The number of nitrogens with one attached hydrogen (secondary N) is 1. The van der Waals surface area contributed by atoms with Crippen molar-refractivity contribution in [1.29, 1.82) is 0 Å². The van der Waals surface area contributed by atoms with Crippen LogP contribution in [0, 0.1) is 0 Å². The van der Waals surface area contributed by atoms with E-state index in [0.29, 0.717) is 6.61 Å². The van der Waals surface area contributed by atoms with E-state index >= 15 is 0 Å². The van der Waals surface area contributed by atoms with E-state index in [1.165, 1.54) is 0 Å². The van der Waals surface area contributed by atoms with Crippen LogP contribution in [-0.2, 0) is 13.2 Å². The summed E-state index contributed by atoms with van der Waals surface area (Å²) in [5.41, 5.74) is 2.06. The number of furan rings is 1. The lowest BCUT2D eigenvalue weighted by atomic mass is 10.2. The van der Waals surface area contributed by atoms with Crippen molar-refractivity contribution in [2.45, 2.75) is 20.1 Å². The molecule has 108 valence electrons. The number of benzene rings is 2. The van der Waals surface area contributed by atoms with Crippen LogP contribution in [0.15, 0.2) is 59.0 Å². The second kappa shape index (κ2) is 6.46. The molecule has 1 N–H and O–H groups in total. The second-order valence-electron chi connectivity index (χ2n) is 4.97. The lowest BCUT2D eigenvalue weighted by molar-refractivity contribution is 0.306. The van der Waals surface area contributed by atoms with Crippen LogP contribution >= 0.6 is 0 Å². The SMILES string of the molecule is CCNCc1cc2cc(OCc3ccccc3)ccc2o1. The summed E-state index contributed by atoms with van der Waals surface area (Å²) in [6, 6.07) is 18.2. The van der Waals surface area contributed by atoms with Crippen molar-refractivity contribution >= 4 is 11.0 Å². The first-order valence-electron chi connectivity index (χ1n) is 7.25. The number of hydrogen-bond donors (Lipinski definition) is 1. The first kappa shape index (κ1) is 13.7. The molecule has 0 aliphatic heterocycles. The lowest BCUT2D eigenvalue weighted by Crippen LogP contribution is -2.10. The molecule has 0 fully saturated rings. The van der Waals surface area contributed by atoms with Crippen LogP contribution in [0.3, 0.4) is 0 Å². The summed E-state index contributed by atoms with van der Waals surface area (Å²) < 4.78 is 11.6. The highest BCUT2D eigenvalue weighted by molar-refractivity contribution is 5.79. The minimum absolute atomic E-state index is 0.578. The van der Waals surface area contributed by atoms with Crippen molar-refractivity contribution < 1.29 is 9.15 Å². The molecule has 3 nitrogen and oxygen atoms in total. The van der Waals surface area contributed by atoms with Crippen molar-refractivity contribution in [3.8, 4) is 5.75 Å².